The standard InChI is InChI=1S/C16H16ClF3N2O4/c1-14(2,3)26-13(24)12(23)22-15(25,16(18,19)20)8-11(21-22)9-4-6-10(17)7-5-9/h4-7,25H,8H2,1-3H3/t15-/m0/s1. The van der Waals surface area contributed by atoms with E-state index in [1.165, 1.54) is 45.0 Å². The van der Waals surface area contributed by atoms with Crippen molar-refractivity contribution in [3.63, 3.8) is 0 Å². The lowest BCUT2D eigenvalue weighted by atomic mass is 10.0. The zero-order chi connectivity index (χ0) is 19.9. The van der Waals surface area contributed by atoms with Crippen molar-refractivity contribution in [3.05, 3.63) is 34.9 Å². The number of benzene rings is 1. The van der Waals surface area contributed by atoms with E-state index in [0.29, 0.717) is 5.02 Å². The molecule has 1 atom stereocenters. The molecule has 0 aromatic heterocycles. The Morgan fingerprint density at radius 1 is 1.23 bits per heavy atom. The van der Waals surface area contributed by atoms with Crippen LogP contribution < -0.4 is 0 Å². The molecule has 1 aliphatic rings. The first-order chi connectivity index (χ1) is 11.7. The number of hydrogen-bond acceptors (Lipinski definition) is 5. The minimum atomic E-state index is -5.25. The van der Waals surface area contributed by atoms with Gasteiger partial charge in [0.25, 0.3) is 5.72 Å². The number of rotatable bonds is 1. The number of esters is 1. The second-order valence-electron chi connectivity index (χ2n) is 6.66. The Bertz CT molecular complexity index is 756. The number of carbonyl (C=O) groups excluding carboxylic acids is 2. The maximum atomic E-state index is 13.4. The number of carbonyl (C=O) groups is 2. The second kappa shape index (κ2) is 6.55. The van der Waals surface area contributed by atoms with Crippen molar-refractivity contribution >= 4 is 29.2 Å². The molecule has 0 saturated heterocycles. The highest BCUT2D eigenvalue weighted by atomic mass is 35.5. The van der Waals surface area contributed by atoms with Crippen molar-refractivity contribution in [1.29, 1.82) is 0 Å². The van der Waals surface area contributed by atoms with E-state index in [0.717, 1.165) is 0 Å². The summed E-state index contributed by atoms with van der Waals surface area (Å²) in [4.78, 5) is 24.0. The zero-order valence-electron chi connectivity index (χ0n) is 14.1. The highest BCUT2D eigenvalue weighted by Crippen LogP contribution is 2.41. The van der Waals surface area contributed by atoms with Gasteiger partial charge in [-0.3, -0.25) is 4.79 Å². The summed E-state index contributed by atoms with van der Waals surface area (Å²) in [5.74, 6) is -3.27. The fourth-order valence-corrected chi connectivity index (χ4v) is 2.32. The molecule has 142 valence electrons. The van der Waals surface area contributed by atoms with Crippen LogP contribution in [0.15, 0.2) is 29.4 Å². The van der Waals surface area contributed by atoms with Gasteiger partial charge in [0.15, 0.2) is 0 Å². The maximum absolute atomic E-state index is 13.4. The summed E-state index contributed by atoms with van der Waals surface area (Å²) in [6.07, 6.45) is -6.28. The Labute approximate surface area is 152 Å². The van der Waals surface area contributed by atoms with Crippen LogP contribution in [-0.2, 0) is 14.3 Å². The Balaban J connectivity index is 2.42. The lowest BCUT2D eigenvalue weighted by Gasteiger charge is -2.32. The van der Waals surface area contributed by atoms with Crippen molar-refractivity contribution < 1.29 is 32.6 Å². The van der Waals surface area contributed by atoms with Crippen molar-refractivity contribution in [2.45, 2.75) is 44.7 Å². The van der Waals surface area contributed by atoms with Gasteiger partial charge in [0.2, 0.25) is 0 Å². The van der Waals surface area contributed by atoms with Gasteiger partial charge in [-0.15, -0.1) is 0 Å². The van der Waals surface area contributed by atoms with Crippen molar-refractivity contribution in [1.82, 2.24) is 5.01 Å². The van der Waals surface area contributed by atoms with Gasteiger partial charge in [-0.1, -0.05) is 23.7 Å². The number of hydrogen-bond donors (Lipinski definition) is 1. The van der Waals surface area contributed by atoms with Gasteiger partial charge in [0.05, 0.1) is 12.1 Å². The third-order valence-electron chi connectivity index (χ3n) is 3.38. The molecule has 1 aliphatic heterocycles. The lowest BCUT2D eigenvalue weighted by molar-refractivity contribution is -0.302. The van der Waals surface area contributed by atoms with Gasteiger partial charge in [-0.05, 0) is 38.5 Å². The van der Waals surface area contributed by atoms with Gasteiger partial charge < -0.3 is 9.84 Å². The molecular formula is C16H16ClF3N2O4. The van der Waals surface area contributed by atoms with E-state index in [1.807, 2.05) is 0 Å². The summed E-state index contributed by atoms with van der Waals surface area (Å²) in [5, 5.41) is 13.7. The highest BCUT2D eigenvalue weighted by Gasteiger charge is 2.64. The van der Waals surface area contributed by atoms with E-state index >= 15 is 0 Å². The number of hydrazone groups is 1. The molecule has 26 heavy (non-hydrogen) atoms. The minimum absolute atomic E-state index is 0.219. The second-order valence-corrected chi connectivity index (χ2v) is 7.10. The molecule has 2 rings (SSSR count). The topological polar surface area (TPSA) is 79.2 Å². The Morgan fingerprint density at radius 3 is 2.23 bits per heavy atom. The van der Waals surface area contributed by atoms with E-state index in [4.69, 9.17) is 16.3 Å². The fourth-order valence-electron chi connectivity index (χ4n) is 2.19. The van der Waals surface area contributed by atoms with Crippen LogP contribution in [0.1, 0.15) is 32.8 Å². The summed E-state index contributed by atoms with van der Waals surface area (Å²) < 4.78 is 45.0. The Hall–Kier alpha value is -2.13. The molecule has 1 aromatic carbocycles. The molecule has 6 nitrogen and oxygen atoms in total. The number of aliphatic hydroxyl groups is 1. The molecule has 1 amide bonds. The predicted octanol–water partition coefficient (Wildman–Crippen LogP) is 2.87. The first-order valence-corrected chi connectivity index (χ1v) is 7.82. The Kier molecular flexibility index (Phi) is 5.08. The summed E-state index contributed by atoms with van der Waals surface area (Å²) in [5.41, 5.74) is -4.77. The van der Waals surface area contributed by atoms with Gasteiger partial charge in [0.1, 0.15) is 5.60 Å². The third-order valence-corrected chi connectivity index (χ3v) is 3.63. The van der Waals surface area contributed by atoms with E-state index in [9.17, 15) is 27.9 Å². The van der Waals surface area contributed by atoms with Crippen molar-refractivity contribution in [2.24, 2.45) is 5.10 Å². The molecule has 1 heterocycles. The normalized spacial score (nSPS) is 20.8. The van der Waals surface area contributed by atoms with E-state index in [2.05, 4.69) is 5.10 Å². The molecule has 0 saturated carbocycles. The first kappa shape index (κ1) is 20.2. The highest BCUT2D eigenvalue weighted by molar-refractivity contribution is 6.33. The van der Waals surface area contributed by atoms with Crippen LogP contribution in [0, 0.1) is 0 Å². The molecule has 0 bridgehead atoms. The summed E-state index contributed by atoms with van der Waals surface area (Å²) in [6, 6.07) is 5.62. The average molecular weight is 393 g/mol. The summed E-state index contributed by atoms with van der Waals surface area (Å²) in [6.45, 7) is 4.33. The minimum Gasteiger partial charge on any atom is -0.453 e. The maximum Gasteiger partial charge on any atom is 0.438 e. The van der Waals surface area contributed by atoms with Crippen LogP contribution in [0.25, 0.3) is 0 Å². The van der Waals surface area contributed by atoms with Crippen LogP contribution in [0.2, 0.25) is 5.02 Å². The molecule has 1 aromatic rings. The number of alkyl halides is 3. The van der Waals surface area contributed by atoms with Gasteiger partial charge in [-0.2, -0.15) is 23.3 Å². The third kappa shape index (κ3) is 3.99. The van der Waals surface area contributed by atoms with Crippen LogP contribution in [0.3, 0.4) is 0 Å². The van der Waals surface area contributed by atoms with Gasteiger partial charge in [0, 0.05) is 5.02 Å². The van der Waals surface area contributed by atoms with Crippen molar-refractivity contribution in [3.8, 4) is 0 Å². The average Bonchev–Trinajstić information content (AvgIpc) is 2.84. The first-order valence-electron chi connectivity index (χ1n) is 7.45. The summed E-state index contributed by atoms with van der Waals surface area (Å²) >= 11 is 5.73. The molecule has 10 heteroatoms. The van der Waals surface area contributed by atoms with Gasteiger partial charge in [-0.25, -0.2) is 4.79 Å². The fraction of sp³-hybridized carbons (Fsp3) is 0.438. The van der Waals surface area contributed by atoms with Crippen LogP contribution in [0.5, 0.6) is 0 Å². The molecule has 0 spiro atoms. The van der Waals surface area contributed by atoms with Crippen LogP contribution >= 0.6 is 11.6 Å². The zero-order valence-corrected chi connectivity index (χ0v) is 14.9. The number of nitrogens with zero attached hydrogens (tertiary/aromatic N) is 2. The lowest BCUT2D eigenvalue weighted by Crippen LogP contribution is -2.58. The molecule has 0 radical (unpaired) electrons. The molecule has 1 N–H and O–H groups in total. The van der Waals surface area contributed by atoms with E-state index < -0.39 is 35.8 Å². The monoisotopic (exact) mass is 392 g/mol. The largest absolute Gasteiger partial charge is 0.453 e. The number of amides is 1. The van der Waals surface area contributed by atoms with Crippen LogP contribution in [-0.4, -0.2) is 45.2 Å². The molecule has 0 fully saturated rings. The molecular weight excluding hydrogens is 377 g/mol. The van der Waals surface area contributed by atoms with E-state index in [1.54, 1.807) is 0 Å². The number of halogens is 4. The SMILES string of the molecule is CC(C)(C)OC(=O)C(=O)N1N=C(c2ccc(Cl)cc2)C[C@]1(O)C(F)(F)F. The van der Waals surface area contributed by atoms with E-state index in [-0.39, 0.29) is 16.3 Å². The van der Waals surface area contributed by atoms with Gasteiger partial charge >= 0.3 is 18.1 Å². The van der Waals surface area contributed by atoms with Crippen molar-refractivity contribution in [2.75, 3.05) is 0 Å². The number of ether oxygens (including phenoxy) is 1. The predicted molar refractivity (Wildman–Crippen MR) is 86.3 cm³/mol. The summed E-state index contributed by atoms with van der Waals surface area (Å²) in [7, 11) is 0. The Morgan fingerprint density at radius 2 is 1.77 bits per heavy atom. The quantitative estimate of drug-likeness (QED) is 0.588. The molecule has 0 unspecified atom stereocenters. The van der Waals surface area contributed by atoms with Crippen LogP contribution in [0.4, 0.5) is 13.2 Å². The molecule has 0 aliphatic carbocycles. The smallest absolute Gasteiger partial charge is 0.438 e.